The third-order valence-corrected chi connectivity index (χ3v) is 3.09. The van der Waals surface area contributed by atoms with Crippen molar-refractivity contribution in [1.29, 1.82) is 0 Å². The first-order valence-electron chi connectivity index (χ1n) is 4.22. The fourth-order valence-corrected chi connectivity index (χ4v) is 1.89. The van der Waals surface area contributed by atoms with Crippen LogP contribution >= 0.6 is 39.9 Å². The summed E-state index contributed by atoms with van der Waals surface area (Å²) in [6.45, 7) is -1.41. The Kier molecular flexibility index (Phi) is 6.10. The third kappa shape index (κ3) is 3.42. The SMILES string of the molecule is Cl.N[C@@H](c1c(Br)ccc(Cl)c1O)C(F)(F)CO. The van der Waals surface area contributed by atoms with E-state index in [9.17, 15) is 13.9 Å². The van der Waals surface area contributed by atoms with Gasteiger partial charge in [0, 0.05) is 10.0 Å². The molecule has 1 rings (SSSR count). The molecule has 0 fully saturated rings. The Hall–Kier alpha value is -0.140. The van der Waals surface area contributed by atoms with Crippen molar-refractivity contribution in [3.63, 3.8) is 0 Å². The molecule has 4 N–H and O–H groups in total. The van der Waals surface area contributed by atoms with Crippen LogP contribution in [0.1, 0.15) is 11.6 Å². The van der Waals surface area contributed by atoms with E-state index >= 15 is 0 Å². The van der Waals surface area contributed by atoms with Crippen molar-refractivity contribution in [1.82, 2.24) is 0 Å². The summed E-state index contributed by atoms with van der Waals surface area (Å²) in [6.07, 6.45) is 0. The zero-order valence-corrected chi connectivity index (χ0v) is 11.5. The first-order valence-corrected chi connectivity index (χ1v) is 5.39. The number of phenolic OH excluding ortho intramolecular Hbond substituents is 1. The van der Waals surface area contributed by atoms with Gasteiger partial charge in [-0.15, -0.1) is 12.4 Å². The number of aliphatic hydroxyl groups excluding tert-OH is 1. The zero-order chi connectivity index (χ0) is 12.5. The Morgan fingerprint density at radius 3 is 2.47 bits per heavy atom. The second-order valence-corrected chi connectivity index (χ2v) is 4.45. The molecule has 0 unspecified atom stereocenters. The predicted octanol–water partition coefficient (Wildman–Crippen LogP) is 2.86. The van der Waals surface area contributed by atoms with Crippen LogP contribution in [0.5, 0.6) is 5.75 Å². The van der Waals surface area contributed by atoms with E-state index < -0.39 is 24.3 Å². The van der Waals surface area contributed by atoms with Gasteiger partial charge in [-0.3, -0.25) is 0 Å². The lowest BCUT2D eigenvalue weighted by Crippen LogP contribution is -2.36. The van der Waals surface area contributed by atoms with Gasteiger partial charge >= 0.3 is 0 Å². The minimum Gasteiger partial charge on any atom is -0.506 e. The van der Waals surface area contributed by atoms with Crippen LogP contribution in [-0.2, 0) is 0 Å². The van der Waals surface area contributed by atoms with Gasteiger partial charge in [0.25, 0.3) is 5.92 Å². The van der Waals surface area contributed by atoms with E-state index in [1.54, 1.807) is 0 Å². The zero-order valence-electron chi connectivity index (χ0n) is 8.33. The molecule has 1 aromatic rings. The molecule has 98 valence electrons. The Labute approximate surface area is 116 Å². The van der Waals surface area contributed by atoms with E-state index in [4.69, 9.17) is 22.4 Å². The summed E-state index contributed by atoms with van der Waals surface area (Å²) in [4.78, 5) is 0. The summed E-state index contributed by atoms with van der Waals surface area (Å²) in [7, 11) is 0. The smallest absolute Gasteiger partial charge is 0.289 e. The molecule has 0 radical (unpaired) electrons. The molecule has 1 atom stereocenters. The van der Waals surface area contributed by atoms with Gasteiger partial charge in [-0.05, 0) is 12.1 Å². The maximum atomic E-state index is 13.2. The van der Waals surface area contributed by atoms with Gasteiger partial charge in [-0.1, -0.05) is 27.5 Å². The molecule has 0 aliphatic heterocycles. The highest BCUT2D eigenvalue weighted by molar-refractivity contribution is 9.10. The van der Waals surface area contributed by atoms with Crippen LogP contribution in [0.15, 0.2) is 16.6 Å². The third-order valence-electron chi connectivity index (χ3n) is 2.09. The number of hydrogen-bond donors (Lipinski definition) is 3. The van der Waals surface area contributed by atoms with E-state index in [-0.39, 0.29) is 27.5 Å². The number of benzene rings is 1. The summed E-state index contributed by atoms with van der Waals surface area (Å²) >= 11 is 8.58. The lowest BCUT2D eigenvalue weighted by atomic mass is 10.0. The van der Waals surface area contributed by atoms with Crippen LogP contribution in [0.4, 0.5) is 8.78 Å². The molecule has 0 saturated carbocycles. The van der Waals surface area contributed by atoms with Crippen LogP contribution in [0, 0.1) is 0 Å². The van der Waals surface area contributed by atoms with E-state index in [0.717, 1.165) is 0 Å². The maximum Gasteiger partial charge on any atom is 0.289 e. The van der Waals surface area contributed by atoms with Gasteiger partial charge in [0.1, 0.15) is 18.4 Å². The Balaban J connectivity index is 0.00000256. The van der Waals surface area contributed by atoms with Gasteiger partial charge in [-0.2, -0.15) is 0 Å². The normalized spacial score (nSPS) is 13.1. The molecule has 0 saturated heterocycles. The van der Waals surface area contributed by atoms with E-state index in [1.165, 1.54) is 12.1 Å². The van der Waals surface area contributed by atoms with Crippen molar-refractivity contribution < 1.29 is 19.0 Å². The van der Waals surface area contributed by atoms with Gasteiger partial charge in [0.05, 0.1) is 5.02 Å². The Morgan fingerprint density at radius 1 is 1.47 bits per heavy atom. The molecule has 8 heteroatoms. The molecule has 0 aromatic heterocycles. The average Bonchev–Trinajstić information content (AvgIpc) is 2.24. The molecule has 0 bridgehead atoms. The van der Waals surface area contributed by atoms with Crippen LogP contribution in [0.25, 0.3) is 0 Å². The quantitative estimate of drug-likeness (QED) is 0.783. The minimum absolute atomic E-state index is 0. The van der Waals surface area contributed by atoms with E-state index in [2.05, 4.69) is 15.9 Å². The number of aliphatic hydroxyl groups is 1. The highest BCUT2D eigenvalue weighted by atomic mass is 79.9. The highest BCUT2D eigenvalue weighted by Gasteiger charge is 2.40. The largest absolute Gasteiger partial charge is 0.506 e. The van der Waals surface area contributed by atoms with Crippen LogP contribution in [-0.4, -0.2) is 22.7 Å². The number of alkyl halides is 2. The molecule has 0 heterocycles. The van der Waals surface area contributed by atoms with Crippen molar-refractivity contribution in [2.75, 3.05) is 6.61 Å². The first-order chi connectivity index (χ1) is 7.31. The number of hydrogen-bond acceptors (Lipinski definition) is 3. The topological polar surface area (TPSA) is 66.5 Å². The molecule has 3 nitrogen and oxygen atoms in total. The van der Waals surface area contributed by atoms with Crippen molar-refractivity contribution in [2.24, 2.45) is 5.73 Å². The molecule has 0 aliphatic rings. The summed E-state index contributed by atoms with van der Waals surface area (Å²) in [5.41, 5.74) is 5.07. The average molecular weight is 353 g/mol. The van der Waals surface area contributed by atoms with E-state index in [0.29, 0.717) is 0 Å². The van der Waals surface area contributed by atoms with Crippen molar-refractivity contribution in [3.8, 4) is 5.75 Å². The van der Waals surface area contributed by atoms with Crippen molar-refractivity contribution in [2.45, 2.75) is 12.0 Å². The summed E-state index contributed by atoms with van der Waals surface area (Å²) in [6, 6.07) is 0.893. The van der Waals surface area contributed by atoms with Gasteiger partial charge in [0.15, 0.2) is 0 Å². The van der Waals surface area contributed by atoms with Crippen molar-refractivity contribution >= 4 is 39.9 Å². The number of aromatic hydroxyl groups is 1. The Bertz CT molecular complexity index is 407. The second-order valence-electron chi connectivity index (χ2n) is 3.19. The molecule has 0 aliphatic carbocycles. The highest BCUT2D eigenvalue weighted by Crippen LogP contribution is 2.41. The predicted molar refractivity (Wildman–Crippen MR) is 67.0 cm³/mol. The van der Waals surface area contributed by atoms with Gasteiger partial charge < -0.3 is 15.9 Å². The molecule has 0 amide bonds. The van der Waals surface area contributed by atoms with Crippen LogP contribution < -0.4 is 5.73 Å². The fourth-order valence-electron chi connectivity index (χ4n) is 1.16. The fraction of sp³-hybridized carbons (Fsp3) is 0.333. The van der Waals surface area contributed by atoms with Crippen LogP contribution in [0.3, 0.4) is 0 Å². The monoisotopic (exact) mass is 351 g/mol. The van der Waals surface area contributed by atoms with Gasteiger partial charge in [0.2, 0.25) is 0 Å². The standard InChI is InChI=1S/C9H9BrClF2NO2.ClH/c10-4-1-2-5(11)7(16)6(4)8(14)9(12,13)3-15;/h1-2,8,15-16H,3,14H2;1H/t8-;/m0./s1. The van der Waals surface area contributed by atoms with Gasteiger partial charge in [-0.25, -0.2) is 8.78 Å². The molecule has 17 heavy (non-hydrogen) atoms. The number of rotatable bonds is 3. The number of halogens is 5. The molecular weight excluding hydrogens is 343 g/mol. The lowest BCUT2D eigenvalue weighted by molar-refractivity contribution is -0.0717. The summed E-state index contributed by atoms with van der Waals surface area (Å²) < 4.78 is 26.6. The molecule has 1 aromatic carbocycles. The summed E-state index contributed by atoms with van der Waals surface area (Å²) in [5.74, 6) is -4.05. The Morgan fingerprint density at radius 2 is 2.00 bits per heavy atom. The lowest BCUT2D eigenvalue weighted by Gasteiger charge is -2.23. The van der Waals surface area contributed by atoms with Crippen LogP contribution in [0.2, 0.25) is 5.02 Å². The number of nitrogens with two attached hydrogens (primary N) is 1. The minimum atomic E-state index is -3.54. The van der Waals surface area contributed by atoms with Crippen molar-refractivity contribution in [3.05, 3.63) is 27.2 Å². The number of phenols is 1. The maximum absolute atomic E-state index is 13.2. The summed E-state index contributed by atoms with van der Waals surface area (Å²) in [5, 5.41) is 18.0. The molecule has 0 spiro atoms. The second kappa shape index (κ2) is 6.15. The van der Waals surface area contributed by atoms with E-state index in [1.807, 2.05) is 0 Å². The first kappa shape index (κ1) is 16.9. The molecular formula is C9H10BrCl2F2NO2.